The van der Waals surface area contributed by atoms with Gasteiger partial charge >= 0.3 is 0 Å². The Bertz CT molecular complexity index is 319. The van der Waals surface area contributed by atoms with E-state index >= 15 is 0 Å². The third-order valence-corrected chi connectivity index (χ3v) is 3.03. The molecule has 0 amide bonds. The molecule has 1 aromatic rings. The molecule has 16 heavy (non-hydrogen) atoms. The van der Waals surface area contributed by atoms with Gasteiger partial charge in [0, 0.05) is 18.8 Å². The first-order valence-electron chi connectivity index (χ1n) is 6.17. The van der Waals surface area contributed by atoms with Crippen LogP contribution >= 0.6 is 0 Å². The van der Waals surface area contributed by atoms with Gasteiger partial charge in [-0.15, -0.1) is 0 Å². The Morgan fingerprint density at radius 1 is 1.44 bits per heavy atom. The van der Waals surface area contributed by atoms with Gasteiger partial charge in [-0.05, 0) is 30.9 Å². The molecule has 88 valence electrons. The highest BCUT2D eigenvalue weighted by atomic mass is 16.3. The number of pyridine rings is 1. The van der Waals surface area contributed by atoms with Crippen molar-refractivity contribution in [3.63, 3.8) is 0 Å². The lowest BCUT2D eigenvalue weighted by Crippen LogP contribution is -2.27. The Hall–Kier alpha value is -1.09. The van der Waals surface area contributed by atoms with Crippen molar-refractivity contribution in [1.29, 1.82) is 0 Å². The molecule has 0 radical (unpaired) electrons. The summed E-state index contributed by atoms with van der Waals surface area (Å²) < 4.78 is 0. The van der Waals surface area contributed by atoms with Gasteiger partial charge in [0.05, 0.1) is 6.61 Å². The molecule has 1 aromatic heterocycles. The van der Waals surface area contributed by atoms with Gasteiger partial charge in [-0.2, -0.15) is 0 Å². The van der Waals surface area contributed by atoms with E-state index in [1.54, 1.807) is 6.20 Å². The minimum atomic E-state index is 0.0751. The molecule has 1 N–H and O–H groups in total. The highest BCUT2D eigenvalue weighted by Gasteiger charge is 2.29. The Labute approximate surface area is 97.1 Å². The molecular formula is C13H20N2O. The quantitative estimate of drug-likeness (QED) is 0.799. The van der Waals surface area contributed by atoms with Crippen LogP contribution in [-0.4, -0.2) is 22.7 Å². The summed E-state index contributed by atoms with van der Waals surface area (Å²) >= 11 is 0. The number of nitrogens with zero attached hydrogens (tertiary/aromatic N) is 2. The van der Waals surface area contributed by atoms with Gasteiger partial charge in [-0.1, -0.05) is 19.4 Å². The van der Waals surface area contributed by atoms with Crippen LogP contribution in [0.5, 0.6) is 0 Å². The van der Waals surface area contributed by atoms with Gasteiger partial charge in [0.25, 0.3) is 0 Å². The minimum Gasteiger partial charge on any atom is -0.392 e. The fourth-order valence-electron chi connectivity index (χ4n) is 1.88. The number of rotatable bonds is 6. The molecule has 0 aliphatic heterocycles. The van der Waals surface area contributed by atoms with Crippen molar-refractivity contribution in [2.24, 2.45) is 0 Å². The normalized spacial score (nSPS) is 15.1. The van der Waals surface area contributed by atoms with E-state index in [9.17, 15) is 0 Å². The summed E-state index contributed by atoms with van der Waals surface area (Å²) in [6, 6.07) is 4.70. The van der Waals surface area contributed by atoms with Gasteiger partial charge in [0.15, 0.2) is 0 Å². The monoisotopic (exact) mass is 220 g/mol. The van der Waals surface area contributed by atoms with Crippen LogP contribution in [-0.2, 0) is 6.61 Å². The second-order valence-corrected chi connectivity index (χ2v) is 4.46. The molecular weight excluding hydrogens is 200 g/mol. The fraction of sp³-hybridized carbons (Fsp3) is 0.615. The van der Waals surface area contributed by atoms with E-state index in [1.807, 2.05) is 12.1 Å². The van der Waals surface area contributed by atoms with E-state index in [2.05, 4.69) is 16.8 Å². The highest BCUT2D eigenvalue weighted by molar-refractivity contribution is 5.42. The van der Waals surface area contributed by atoms with Crippen LogP contribution in [0.3, 0.4) is 0 Å². The van der Waals surface area contributed by atoms with Gasteiger partial charge in [0.1, 0.15) is 5.82 Å². The lowest BCUT2D eigenvalue weighted by atomic mass is 10.2. The lowest BCUT2D eigenvalue weighted by Gasteiger charge is -2.23. The molecule has 3 heteroatoms. The first-order chi connectivity index (χ1) is 7.85. The number of aromatic nitrogens is 1. The van der Waals surface area contributed by atoms with E-state index in [0.717, 1.165) is 17.9 Å². The molecule has 0 atom stereocenters. The van der Waals surface area contributed by atoms with E-state index < -0.39 is 0 Å². The third-order valence-electron chi connectivity index (χ3n) is 3.03. The molecule has 1 heterocycles. The fourth-order valence-corrected chi connectivity index (χ4v) is 1.88. The molecule has 1 aliphatic carbocycles. The van der Waals surface area contributed by atoms with Crippen LogP contribution in [0.25, 0.3) is 0 Å². The third kappa shape index (κ3) is 2.73. The number of aliphatic hydroxyl groups is 1. The Balaban J connectivity index is 2.05. The zero-order chi connectivity index (χ0) is 11.4. The molecule has 1 saturated carbocycles. The lowest BCUT2D eigenvalue weighted by molar-refractivity contribution is 0.281. The van der Waals surface area contributed by atoms with Crippen LogP contribution < -0.4 is 4.90 Å². The maximum absolute atomic E-state index is 8.98. The number of hydrogen-bond acceptors (Lipinski definition) is 3. The summed E-state index contributed by atoms with van der Waals surface area (Å²) in [5.41, 5.74) is 0.884. The molecule has 0 aromatic carbocycles. The summed E-state index contributed by atoms with van der Waals surface area (Å²) in [4.78, 5) is 6.84. The zero-order valence-electron chi connectivity index (χ0n) is 9.89. The molecule has 0 saturated heterocycles. The predicted octanol–water partition coefficient (Wildman–Crippen LogP) is 2.34. The Kier molecular flexibility index (Phi) is 3.78. The summed E-state index contributed by atoms with van der Waals surface area (Å²) in [6.07, 6.45) is 6.81. The van der Waals surface area contributed by atoms with Crippen molar-refractivity contribution in [2.75, 3.05) is 11.4 Å². The Morgan fingerprint density at radius 2 is 2.25 bits per heavy atom. The average molecular weight is 220 g/mol. The molecule has 1 fully saturated rings. The number of aliphatic hydroxyl groups excluding tert-OH is 1. The first kappa shape index (κ1) is 11.4. The highest BCUT2D eigenvalue weighted by Crippen LogP contribution is 2.30. The molecule has 0 bridgehead atoms. The van der Waals surface area contributed by atoms with Gasteiger partial charge < -0.3 is 10.0 Å². The van der Waals surface area contributed by atoms with Crippen molar-refractivity contribution < 1.29 is 5.11 Å². The van der Waals surface area contributed by atoms with Crippen molar-refractivity contribution >= 4 is 5.82 Å². The number of unbranched alkanes of at least 4 members (excludes halogenated alkanes) is 1. The van der Waals surface area contributed by atoms with E-state index in [-0.39, 0.29) is 6.61 Å². The van der Waals surface area contributed by atoms with Gasteiger partial charge in [-0.25, -0.2) is 4.98 Å². The van der Waals surface area contributed by atoms with Crippen molar-refractivity contribution in [3.05, 3.63) is 23.9 Å². The van der Waals surface area contributed by atoms with E-state index in [1.165, 1.54) is 25.7 Å². The summed E-state index contributed by atoms with van der Waals surface area (Å²) in [7, 11) is 0. The van der Waals surface area contributed by atoms with Crippen LogP contribution in [0.2, 0.25) is 0 Å². The van der Waals surface area contributed by atoms with Crippen LogP contribution in [0.15, 0.2) is 18.3 Å². The topological polar surface area (TPSA) is 36.4 Å². The molecule has 3 nitrogen and oxygen atoms in total. The largest absolute Gasteiger partial charge is 0.392 e. The van der Waals surface area contributed by atoms with Gasteiger partial charge in [0.2, 0.25) is 0 Å². The SMILES string of the molecule is CCCCN(c1ccc(CO)cn1)C1CC1. The van der Waals surface area contributed by atoms with E-state index in [4.69, 9.17) is 5.11 Å². The summed E-state index contributed by atoms with van der Waals surface area (Å²) in [5, 5.41) is 8.98. The molecule has 0 spiro atoms. The Morgan fingerprint density at radius 3 is 2.75 bits per heavy atom. The van der Waals surface area contributed by atoms with Crippen LogP contribution in [0.4, 0.5) is 5.82 Å². The maximum atomic E-state index is 8.98. The summed E-state index contributed by atoms with van der Waals surface area (Å²) in [6.45, 7) is 3.39. The second kappa shape index (κ2) is 5.30. The minimum absolute atomic E-state index is 0.0751. The molecule has 2 rings (SSSR count). The van der Waals surface area contributed by atoms with Crippen LogP contribution in [0.1, 0.15) is 38.2 Å². The van der Waals surface area contributed by atoms with Crippen molar-refractivity contribution in [3.8, 4) is 0 Å². The first-order valence-corrected chi connectivity index (χ1v) is 6.17. The smallest absolute Gasteiger partial charge is 0.128 e. The van der Waals surface area contributed by atoms with Crippen molar-refractivity contribution in [1.82, 2.24) is 4.98 Å². The molecule has 0 unspecified atom stereocenters. The summed E-state index contributed by atoms with van der Waals surface area (Å²) in [5.74, 6) is 1.06. The second-order valence-electron chi connectivity index (χ2n) is 4.46. The number of hydrogen-bond donors (Lipinski definition) is 1. The van der Waals surface area contributed by atoms with Gasteiger partial charge in [-0.3, -0.25) is 0 Å². The van der Waals surface area contributed by atoms with Crippen LogP contribution in [0, 0.1) is 0 Å². The zero-order valence-corrected chi connectivity index (χ0v) is 9.89. The predicted molar refractivity (Wildman–Crippen MR) is 65.4 cm³/mol. The van der Waals surface area contributed by atoms with Crippen molar-refractivity contribution in [2.45, 2.75) is 45.3 Å². The maximum Gasteiger partial charge on any atom is 0.128 e. The number of anilines is 1. The standard InChI is InChI=1S/C13H20N2O/c1-2-3-8-15(12-5-6-12)13-7-4-11(10-16)9-14-13/h4,7,9,12,16H,2-3,5-6,8,10H2,1H3. The average Bonchev–Trinajstić information content (AvgIpc) is 3.15. The molecule has 1 aliphatic rings. The van der Waals surface area contributed by atoms with E-state index in [0.29, 0.717) is 6.04 Å².